The van der Waals surface area contributed by atoms with Crippen molar-refractivity contribution in [1.29, 1.82) is 0 Å². The first-order valence-electron chi connectivity index (χ1n) is 8.18. The third-order valence-corrected chi connectivity index (χ3v) is 3.84. The molecule has 134 valence electrons. The lowest BCUT2D eigenvalue weighted by Crippen LogP contribution is -2.50. The van der Waals surface area contributed by atoms with Crippen LogP contribution >= 0.6 is 24.4 Å². The fourth-order valence-electron chi connectivity index (χ4n) is 2.14. The molecule has 24 heavy (non-hydrogen) atoms. The van der Waals surface area contributed by atoms with Crippen LogP contribution in [0.2, 0.25) is 0 Å². The molecule has 0 aliphatic rings. The van der Waals surface area contributed by atoms with E-state index >= 15 is 0 Å². The van der Waals surface area contributed by atoms with E-state index in [9.17, 15) is 0 Å². The predicted octanol–water partition coefficient (Wildman–Crippen LogP) is 3.58. The highest BCUT2D eigenvalue weighted by molar-refractivity contribution is 7.80. The average Bonchev–Trinajstić information content (AvgIpc) is 2.52. The first-order chi connectivity index (χ1) is 11.4. The van der Waals surface area contributed by atoms with Gasteiger partial charge in [0.15, 0.2) is 10.2 Å². The molecule has 0 radical (unpaired) electrons. The highest BCUT2D eigenvalue weighted by Crippen LogP contribution is 2.16. The van der Waals surface area contributed by atoms with E-state index in [2.05, 4.69) is 42.3 Å². The van der Waals surface area contributed by atoms with Gasteiger partial charge in [-0.1, -0.05) is 32.8 Å². The Morgan fingerprint density at radius 3 is 2.46 bits per heavy atom. The molecule has 0 fully saturated rings. The minimum atomic E-state index is 0.325. The highest BCUT2D eigenvalue weighted by Gasteiger charge is 2.05. The lowest BCUT2D eigenvalue weighted by atomic mass is 10.0. The Kier molecular flexibility index (Phi) is 9.41. The summed E-state index contributed by atoms with van der Waals surface area (Å²) in [6.45, 7) is 6.61. The lowest BCUT2D eigenvalue weighted by Gasteiger charge is -2.18. The fraction of sp³-hybridized carbons (Fsp3) is 0.529. The molecule has 4 N–H and O–H groups in total. The van der Waals surface area contributed by atoms with Crippen LogP contribution < -0.4 is 26.2 Å². The second-order valence-electron chi connectivity index (χ2n) is 6.14. The SMILES string of the molecule is COc1cccc(NC(=S)NNC(=S)N[C@H](C)CCCC(C)C)c1. The maximum Gasteiger partial charge on any atom is 0.189 e. The van der Waals surface area contributed by atoms with Gasteiger partial charge in [0.2, 0.25) is 0 Å². The minimum Gasteiger partial charge on any atom is -0.497 e. The van der Waals surface area contributed by atoms with Gasteiger partial charge in [-0.3, -0.25) is 10.9 Å². The molecular weight excluding hydrogens is 340 g/mol. The van der Waals surface area contributed by atoms with Crippen molar-refractivity contribution < 1.29 is 4.74 Å². The van der Waals surface area contributed by atoms with Crippen molar-refractivity contribution in [3.05, 3.63) is 24.3 Å². The number of methoxy groups -OCH3 is 1. The van der Waals surface area contributed by atoms with Gasteiger partial charge in [-0.15, -0.1) is 0 Å². The summed E-state index contributed by atoms with van der Waals surface area (Å²) in [7, 11) is 1.63. The summed E-state index contributed by atoms with van der Waals surface area (Å²) >= 11 is 10.5. The van der Waals surface area contributed by atoms with Crippen molar-refractivity contribution in [3.63, 3.8) is 0 Å². The van der Waals surface area contributed by atoms with Crippen molar-refractivity contribution in [2.45, 2.75) is 46.1 Å². The molecule has 7 heteroatoms. The van der Waals surface area contributed by atoms with Crippen molar-refractivity contribution in [3.8, 4) is 5.75 Å². The Balaban J connectivity index is 2.26. The summed E-state index contributed by atoms with van der Waals surface area (Å²) in [5.74, 6) is 1.51. The van der Waals surface area contributed by atoms with E-state index in [0.717, 1.165) is 23.8 Å². The molecule has 0 heterocycles. The van der Waals surface area contributed by atoms with Crippen LogP contribution in [0.1, 0.15) is 40.0 Å². The van der Waals surface area contributed by atoms with Crippen LogP contribution in [0.25, 0.3) is 0 Å². The molecule has 0 spiro atoms. The zero-order valence-corrected chi connectivity index (χ0v) is 16.4. The molecule has 1 atom stereocenters. The molecule has 0 saturated heterocycles. The second-order valence-corrected chi connectivity index (χ2v) is 6.95. The fourth-order valence-corrected chi connectivity index (χ4v) is 2.56. The van der Waals surface area contributed by atoms with Gasteiger partial charge in [-0.25, -0.2) is 0 Å². The van der Waals surface area contributed by atoms with Crippen molar-refractivity contribution >= 4 is 40.3 Å². The summed E-state index contributed by atoms with van der Waals surface area (Å²) in [5, 5.41) is 7.26. The molecule has 1 aromatic carbocycles. The monoisotopic (exact) mass is 368 g/mol. The molecule has 0 amide bonds. The number of benzene rings is 1. The van der Waals surface area contributed by atoms with Crippen LogP contribution in [-0.4, -0.2) is 23.4 Å². The Bertz CT molecular complexity index is 537. The lowest BCUT2D eigenvalue weighted by molar-refractivity contribution is 0.415. The summed E-state index contributed by atoms with van der Waals surface area (Å²) in [6.07, 6.45) is 3.52. The third kappa shape index (κ3) is 8.88. The third-order valence-electron chi connectivity index (χ3n) is 3.41. The molecule has 0 aromatic heterocycles. The smallest absolute Gasteiger partial charge is 0.189 e. The largest absolute Gasteiger partial charge is 0.497 e. The van der Waals surface area contributed by atoms with Crippen LogP contribution in [0, 0.1) is 5.92 Å². The van der Waals surface area contributed by atoms with Gasteiger partial charge < -0.3 is 15.4 Å². The van der Waals surface area contributed by atoms with Crippen molar-refractivity contribution in [2.75, 3.05) is 12.4 Å². The minimum absolute atomic E-state index is 0.325. The molecule has 0 aliphatic heterocycles. The van der Waals surface area contributed by atoms with E-state index in [0.29, 0.717) is 16.3 Å². The van der Waals surface area contributed by atoms with Crippen LogP contribution in [0.3, 0.4) is 0 Å². The topological polar surface area (TPSA) is 57.4 Å². The molecule has 5 nitrogen and oxygen atoms in total. The normalized spacial score (nSPS) is 11.5. The van der Waals surface area contributed by atoms with Crippen LogP contribution in [0.15, 0.2) is 24.3 Å². The molecule has 0 saturated carbocycles. The maximum absolute atomic E-state index is 5.26. The van der Waals surface area contributed by atoms with E-state index in [1.54, 1.807) is 7.11 Å². The Hall–Kier alpha value is -1.60. The molecule has 0 aliphatic carbocycles. The second kappa shape index (κ2) is 11.0. The van der Waals surface area contributed by atoms with E-state index in [1.165, 1.54) is 12.8 Å². The number of ether oxygens (including phenoxy) is 1. The number of rotatable bonds is 7. The number of nitrogens with one attached hydrogen (secondary N) is 4. The van der Waals surface area contributed by atoms with Crippen LogP contribution in [0.4, 0.5) is 5.69 Å². The quantitative estimate of drug-likeness (QED) is 0.433. The van der Waals surface area contributed by atoms with Crippen LogP contribution in [-0.2, 0) is 0 Å². The summed E-state index contributed by atoms with van der Waals surface area (Å²) in [5.41, 5.74) is 6.61. The van der Waals surface area contributed by atoms with Gasteiger partial charge in [0.25, 0.3) is 0 Å². The number of thiocarbonyl (C=S) groups is 2. The zero-order valence-electron chi connectivity index (χ0n) is 14.8. The van der Waals surface area contributed by atoms with Gasteiger partial charge in [0.1, 0.15) is 5.75 Å². The van der Waals surface area contributed by atoms with Gasteiger partial charge in [-0.05, 0) is 55.8 Å². The van der Waals surface area contributed by atoms with E-state index in [4.69, 9.17) is 29.2 Å². The number of hydrogen-bond donors (Lipinski definition) is 4. The molecular formula is C17H28N4OS2. The Labute approximate surface area is 155 Å². The van der Waals surface area contributed by atoms with Crippen molar-refractivity contribution in [2.24, 2.45) is 5.92 Å². The highest BCUT2D eigenvalue weighted by atomic mass is 32.1. The van der Waals surface area contributed by atoms with Gasteiger partial charge in [-0.2, -0.15) is 0 Å². The number of anilines is 1. The van der Waals surface area contributed by atoms with Crippen molar-refractivity contribution in [1.82, 2.24) is 16.2 Å². The predicted molar refractivity (Wildman–Crippen MR) is 109 cm³/mol. The van der Waals surface area contributed by atoms with E-state index in [1.807, 2.05) is 24.3 Å². The average molecular weight is 369 g/mol. The van der Waals surface area contributed by atoms with Gasteiger partial charge in [0, 0.05) is 17.8 Å². The maximum atomic E-state index is 5.26. The zero-order chi connectivity index (χ0) is 17.9. The van der Waals surface area contributed by atoms with Crippen LogP contribution in [0.5, 0.6) is 5.75 Å². The van der Waals surface area contributed by atoms with Gasteiger partial charge >= 0.3 is 0 Å². The van der Waals surface area contributed by atoms with E-state index < -0.39 is 0 Å². The number of hydrazine groups is 1. The number of hydrogen-bond acceptors (Lipinski definition) is 3. The summed E-state index contributed by atoms with van der Waals surface area (Å²) in [4.78, 5) is 0. The molecule has 0 unspecified atom stereocenters. The Morgan fingerprint density at radius 1 is 1.08 bits per heavy atom. The standard InChI is InChI=1S/C17H28N4OS2/c1-12(2)7-5-8-13(3)18-16(23)20-21-17(24)19-14-9-6-10-15(11-14)22-4/h6,9-13H,5,7-8H2,1-4H3,(H2,18,20,23)(H2,19,21,24)/t13-/m1/s1. The first-order valence-corrected chi connectivity index (χ1v) is 9.00. The molecule has 0 bridgehead atoms. The summed E-state index contributed by atoms with van der Waals surface area (Å²) in [6, 6.07) is 7.86. The molecule has 1 rings (SSSR count). The summed E-state index contributed by atoms with van der Waals surface area (Å²) < 4.78 is 5.18. The Morgan fingerprint density at radius 2 is 1.79 bits per heavy atom. The van der Waals surface area contributed by atoms with Gasteiger partial charge in [0.05, 0.1) is 7.11 Å². The first kappa shape index (κ1) is 20.4. The molecule has 1 aromatic rings. The van der Waals surface area contributed by atoms with E-state index in [-0.39, 0.29) is 0 Å².